The first-order valence-electron chi connectivity index (χ1n) is 11.5. The van der Waals surface area contributed by atoms with Crippen LogP contribution >= 0.6 is 0 Å². The molecular weight excluding hydrogens is 436 g/mol. The molecule has 0 aliphatic carbocycles. The Morgan fingerprint density at radius 2 is 1.82 bits per heavy atom. The molecule has 3 aromatic rings. The molecule has 1 aliphatic rings. The van der Waals surface area contributed by atoms with Gasteiger partial charge in [0.15, 0.2) is 0 Å². The highest BCUT2D eigenvalue weighted by atomic mass is 32.2. The summed E-state index contributed by atoms with van der Waals surface area (Å²) in [6, 6.07) is 11.3. The van der Waals surface area contributed by atoms with E-state index in [1.165, 1.54) is 11.1 Å². The zero-order chi connectivity index (χ0) is 23.6. The molecule has 1 amide bonds. The summed E-state index contributed by atoms with van der Waals surface area (Å²) in [5.74, 6) is 0.731. The van der Waals surface area contributed by atoms with Crippen LogP contribution in [0.15, 0.2) is 41.3 Å². The maximum absolute atomic E-state index is 13.0. The Kier molecular flexibility index (Phi) is 6.86. The van der Waals surface area contributed by atoms with Gasteiger partial charge in [-0.05, 0) is 56.0 Å². The number of nitrogens with zero attached hydrogens (tertiary/aromatic N) is 3. The van der Waals surface area contributed by atoms with Gasteiger partial charge >= 0.3 is 0 Å². The van der Waals surface area contributed by atoms with Crippen LogP contribution in [0, 0.1) is 13.8 Å². The van der Waals surface area contributed by atoms with E-state index in [1.807, 2.05) is 36.7 Å². The molecule has 1 saturated heterocycles. The van der Waals surface area contributed by atoms with E-state index in [4.69, 9.17) is 0 Å². The van der Waals surface area contributed by atoms with Crippen LogP contribution < -0.4 is 5.32 Å². The molecule has 0 atom stereocenters. The lowest BCUT2D eigenvalue weighted by atomic mass is 10.1. The van der Waals surface area contributed by atoms with Crippen LogP contribution in [0.2, 0.25) is 0 Å². The van der Waals surface area contributed by atoms with Gasteiger partial charge in [0.05, 0.1) is 15.9 Å². The smallest absolute Gasteiger partial charge is 0.243 e. The fourth-order valence-electron chi connectivity index (χ4n) is 4.42. The van der Waals surface area contributed by atoms with Gasteiger partial charge < -0.3 is 9.88 Å². The molecule has 7 nitrogen and oxygen atoms in total. The molecule has 2 aromatic carbocycles. The first kappa shape index (κ1) is 23.4. The minimum absolute atomic E-state index is 0.0320. The molecule has 33 heavy (non-hydrogen) atoms. The average Bonchev–Trinajstić information content (AvgIpc) is 3.12. The van der Waals surface area contributed by atoms with Gasteiger partial charge in [-0.3, -0.25) is 4.79 Å². The molecule has 0 unspecified atom stereocenters. The van der Waals surface area contributed by atoms with Gasteiger partial charge in [-0.1, -0.05) is 30.2 Å². The summed E-state index contributed by atoms with van der Waals surface area (Å²) in [5.41, 5.74) is 4.98. The average molecular weight is 469 g/mol. The highest BCUT2D eigenvalue weighted by molar-refractivity contribution is 7.89. The second-order valence-electron chi connectivity index (χ2n) is 8.91. The van der Waals surface area contributed by atoms with Crippen molar-refractivity contribution in [2.24, 2.45) is 7.05 Å². The predicted octanol–water partition coefficient (Wildman–Crippen LogP) is 3.61. The topological polar surface area (TPSA) is 84.3 Å². The van der Waals surface area contributed by atoms with Gasteiger partial charge in [0.2, 0.25) is 15.9 Å². The van der Waals surface area contributed by atoms with Crippen molar-refractivity contribution in [3.05, 3.63) is 58.9 Å². The van der Waals surface area contributed by atoms with Gasteiger partial charge in [-0.25, -0.2) is 13.4 Å². The number of sulfonamides is 1. The zero-order valence-electron chi connectivity index (χ0n) is 19.6. The van der Waals surface area contributed by atoms with Gasteiger partial charge in [-0.15, -0.1) is 0 Å². The number of nitrogens with one attached hydrogen (secondary N) is 1. The summed E-state index contributed by atoms with van der Waals surface area (Å²) in [7, 11) is -1.60. The third kappa shape index (κ3) is 5.12. The van der Waals surface area contributed by atoms with E-state index in [1.54, 1.807) is 16.4 Å². The molecule has 2 heterocycles. The van der Waals surface area contributed by atoms with E-state index >= 15 is 0 Å². The third-order valence-corrected chi connectivity index (χ3v) is 8.34. The van der Waals surface area contributed by atoms with Crippen LogP contribution in [0.1, 0.15) is 48.2 Å². The Morgan fingerprint density at radius 1 is 1.06 bits per heavy atom. The van der Waals surface area contributed by atoms with E-state index in [2.05, 4.69) is 23.3 Å². The number of hydrogen-bond donors (Lipinski definition) is 1. The Hall–Kier alpha value is -2.71. The highest BCUT2D eigenvalue weighted by Gasteiger charge is 2.26. The summed E-state index contributed by atoms with van der Waals surface area (Å²) < 4.78 is 29.5. The lowest BCUT2D eigenvalue weighted by molar-refractivity contribution is -0.121. The molecule has 0 saturated carbocycles. The molecule has 0 bridgehead atoms. The normalized spacial score (nSPS) is 15.1. The minimum atomic E-state index is -3.50. The molecule has 1 aromatic heterocycles. The van der Waals surface area contributed by atoms with Crippen molar-refractivity contribution >= 4 is 27.0 Å². The molecule has 1 aliphatic heterocycles. The number of hydrogen-bond acceptors (Lipinski definition) is 4. The third-order valence-electron chi connectivity index (χ3n) is 6.45. The Labute approximate surface area is 195 Å². The van der Waals surface area contributed by atoms with E-state index in [9.17, 15) is 13.2 Å². The number of amides is 1. The largest absolute Gasteiger partial charge is 0.352 e. The molecule has 4 rings (SSSR count). The lowest BCUT2D eigenvalue weighted by Gasteiger charge is -2.25. The molecular formula is C25H32N4O3S. The number of fused-ring (bicyclic) bond motifs is 1. The van der Waals surface area contributed by atoms with Crippen molar-refractivity contribution in [3.63, 3.8) is 0 Å². The van der Waals surface area contributed by atoms with Crippen molar-refractivity contribution in [1.29, 1.82) is 0 Å². The number of benzene rings is 2. The second-order valence-corrected chi connectivity index (χ2v) is 10.8. The van der Waals surface area contributed by atoms with Gasteiger partial charge in [-0.2, -0.15) is 4.31 Å². The number of carbonyl (C=O) groups is 1. The summed E-state index contributed by atoms with van der Waals surface area (Å²) in [4.78, 5) is 17.4. The molecule has 0 spiro atoms. The van der Waals surface area contributed by atoms with Crippen LogP contribution in [0.25, 0.3) is 11.0 Å². The van der Waals surface area contributed by atoms with Gasteiger partial charge in [0.25, 0.3) is 0 Å². The standard InChI is InChI=1S/C25H32N4O3S/c1-18-7-8-20(19(2)15-18)17-26-25(30)12-11-24-27-22-16-21(9-10-23(22)28(24)3)33(31,32)29-13-5-4-6-14-29/h7-10,15-16H,4-6,11-14,17H2,1-3H3,(H,26,30). The van der Waals surface area contributed by atoms with Crippen molar-refractivity contribution < 1.29 is 13.2 Å². The minimum Gasteiger partial charge on any atom is -0.352 e. The maximum atomic E-state index is 13.0. The fourth-order valence-corrected chi connectivity index (χ4v) is 5.96. The predicted molar refractivity (Wildman–Crippen MR) is 129 cm³/mol. The first-order valence-corrected chi connectivity index (χ1v) is 13.0. The van der Waals surface area contributed by atoms with Crippen molar-refractivity contribution in [2.75, 3.05) is 13.1 Å². The van der Waals surface area contributed by atoms with Crippen molar-refractivity contribution in [3.8, 4) is 0 Å². The number of carbonyl (C=O) groups excluding carboxylic acids is 1. The number of rotatable bonds is 7. The van der Waals surface area contributed by atoms with Crippen molar-refractivity contribution in [2.45, 2.75) is 57.4 Å². The Bertz CT molecular complexity index is 1270. The van der Waals surface area contributed by atoms with Crippen LogP contribution in [0.3, 0.4) is 0 Å². The molecule has 176 valence electrons. The summed E-state index contributed by atoms with van der Waals surface area (Å²) in [6.07, 6.45) is 3.69. The number of piperidine rings is 1. The van der Waals surface area contributed by atoms with E-state index in [-0.39, 0.29) is 10.8 Å². The summed E-state index contributed by atoms with van der Waals surface area (Å²) >= 11 is 0. The second kappa shape index (κ2) is 9.65. The molecule has 1 fully saturated rings. The Balaban J connectivity index is 1.43. The SMILES string of the molecule is Cc1ccc(CNC(=O)CCc2nc3cc(S(=O)(=O)N4CCCCC4)ccc3n2C)c(C)c1. The number of aromatic nitrogens is 2. The zero-order valence-corrected chi connectivity index (χ0v) is 20.4. The van der Waals surface area contributed by atoms with Crippen molar-refractivity contribution in [1.82, 2.24) is 19.2 Å². The van der Waals surface area contributed by atoms with E-state index in [0.29, 0.717) is 38.0 Å². The fraction of sp³-hybridized carbons (Fsp3) is 0.440. The van der Waals surface area contributed by atoms with Crippen LogP contribution in [0.5, 0.6) is 0 Å². The Morgan fingerprint density at radius 3 is 2.55 bits per heavy atom. The maximum Gasteiger partial charge on any atom is 0.243 e. The highest BCUT2D eigenvalue weighted by Crippen LogP contribution is 2.25. The van der Waals surface area contributed by atoms with E-state index < -0.39 is 10.0 Å². The molecule has 0 radical (unpaired) electrons. The monoisotopic (exact) mass is 468 g/mol. The van der Waals surface area contributed by atoms with Crippen LogP contribution in [-0.2, 0) is 34.8 Å². The summed E-state index contributed by atoms with van der Waals surface area (Å²) in [5, 5.41) is 2.99. The molecule has 8 heteroatoms. The van der Waals surface area contributed by atoms with E-state index in [0.717, 1.165) is 36.2 Å². The van der Waals surface area contributed by atoms with Crippen LogP contribution in [-0.4, -0.2) is 41.3 Å². The lowest BCUT2D eigenvalue weighted by Crippen LogP contribution is -2.35. The number of aryl methyl sites for hydroxylation is 4. The van der Waals surface area contributed by atoms with Gasteiger partial charge in [0.1, 0.15) is 5.82 Å². The number of imidazole rings is 1. The van der Waals surface area contributed by atoms with Crippen LogP contribution in [0.4, 0.5) is 0 Å². The van der Waals surface area contributed by atoms with Gasteiger partial charge in [0, 0.05) is 39.5 Å². The molecule has 1 N–H and O–H groups in total. The quantitative estimate of drug-likeness (QED) is 0.574. The summed E-state index contributed by atoms with van der Waals surface area (Å²) in [6.45, 7) is 5.76. The first-order chi connectivity index (χ1) is 15.8.